The second-order valence-corrected chi connectivity index (χ2v) is 10.0. The van der Waals surface area contributed by atoms with Crippen LogP contribution in [0.3, 0.4) is 0 Å². The van der Waals surface area contributed by atoms with E-state index in [1.165, 1.54) is 12.7 Å². The first-order chi connectivity index (χ1) is 17.0. The number of hydrogen-bond acceptors (Lipinski definition) is 4. The molecule has 4 aromatic rings. The van der Waals surface area contributed by atoms with Crippen LogP contribution in [0, 0.1) is 0 Å². The van der Waals surface area contributed by atoms with Gasteiger partial charge in [0.2, 0.25) is 0 Å². The minimum atomic E-state index is -0.339. The summed E-state index contributed by atoms with van der Waals surface area (Å²) in [5, 5.41) is 16.3. The third-order valence-corrected chi connectivity index (χ3v) is 7.81. The number of fused-ring (bicyclic) bond motifs is 4. The highest BCUT2D eigenvalue weighted by Crippen LogP contribution is 2.52. The summed E-state index contributed by atoms with van der Waals surface area (Å²) in [6.45, 7) is 0. The molecule has 4 aromatic carbocycles. The number of ether oxygens (including phenoxy) is 1. The molecule has 0 unspecified atom stereocenters. The molecular weight excluding hydrogens is 502 g/mol. The van der Waals surface area contributed by atoms with Crippen LogP contribution < -0.4 is 10.1 Å². The van der Waals surface area contributed by atoms with Crippen LogP contribution in [0.4, 0.5) is 5.69 Å². The normalized spacial score (nSPS) is 19.2. The number of anilines is 1. The number of hydrogen-bond donors (Lipinski definition) is 2. The van der Waals surface area contributed by atoms with E-state index in [4.69, 9.17) is 4.74 Å². The standard InChI is InChI=1S/C30H24BrNO3/c1-35-26-16-20(14-23(31)30(26)34)29-28-22(13-19(15-25(28)33)17-7-3-2-4-8-17)27-21-10-6-5-9-18(21)11-12-24(27)32-29/h2-12,14,16,19,29,32,34H,13,15H2,1H3/t19-,29+/m0/s1. The molecule has 4 nitrogen and oxygen atoms in total. The number of Topliss-reactive ketones (excluding diaryl/α,β-unsaturated/α-hetero) is 1. The highest BCUT2D eigenvalue weighted by molar-refractivity contribution is 9.10. The average molecular weight is 526 g/mol. The lowest BCUT2D eigenvalue weighted by atomic mass is 9.71. The molecule has 6 rings (SSSR count). The van der Waals surface area contributed by atoms with Gasteiger partial charge < -0.3 is 15.2 Å². The van der Waals surface area contributed by atoms with Crippen molar-refractivity contribution in [1.29, 1.82) is 0 Å². The van der Waals surface area contributed by atoms with Crippen molar-refractivity contribution in [2.24, 2.45) is 0 Å². The number of nitrogens with one attached hydrogen (secondary N) is 1. The number of methoxy groups -OCH3 is 1. The Balaban J connectivity index is 1.58. The molecule has 0 radical (unpaired) electrons. The fourth-order valence-electron chi connectivity index (χ4n) is 5.57. The van der Waals surface area contributed by atoms with Crippen molar-refractivity contribution >= 4 is 43.7 Å². The Labute approximate surface area is 212 Å². The summed E-state index contributed by atoms with van der Waals surface area (Å²) in [7, 11) is 1.53. The molecule has 0 aromatic heterocycles. The number of carbonyl (C=O) groups excluding carboxylic acids is 1. The van der Waals surface area contributed by atoms with E-state index in [1.807, 2.05) is 36.4 Å². The zero-order chi connectivity index (χ0) is 24.1. The van der Waals surface area contributed by atoms with Gasteiger partial charge in [0.1, 0.15) is 0 Å². The first-order valence-corrected chi connectivity index (χ1v) is 12.5. The predicted molar refractivity (Wildman–Crippen MR) is 143 cm³/mol. The number of ketones is 1. The fraction of sp³-hybridized carbons (Fsp3) is 0.167. The van der Waals surface area contributed by atoms with Gasteiger partial charge in [-0.15, -0.1) is 0 Å². The molecule has 174 valence electrons. The first-order valence-electron chi connectivity index (χ1n) is 11.7. The molecule has 0 amide bonds. The number of phenols is 1. The van der Waals surface area contributed by atoms with Crippen molar-refractivity contribution in [2.75, 3.05) is 12.4 Å². The average Bonchev–Trinajstić information content (AvgIpc) is 2.89. The van der Waals surface area contributed by atoms with E-state index >= 15 is 0 Å². The maximum atomic E-state index is 13.9. The van der Waals surface area contributed by atoms with Gasteiger partial charge in [-0.05, 0) is 73.9 Å². The summed E-state index contributed by atoms with van der Waals surface area (Å²) in [5.41, 5.74) is 6.10. The molecule has 5 heteroatoms. The van der Waals surface area contributed by atoms with Gasteiger partial charge in [0.05, 0.1) is 17.6 Å². The van der Waals surface area contributed by atoms with Crippen molar-refractivity contribution in [2.45, 2.75) is 24.8 Å². The van der Waals surface area contributed by atoms with E-state index < -0.39 is 0 Å². The molecule has 35 heavy (non-hydrogen) atoms. The van der Waals surface area contributed by atoms with E-state index in [1.54, 1.807) is 0 Å². The van der Waals surface area contributed by atoms with Crippen molar-refractivity contribution in [3.05, 3.63) is 106 Å². The highest BCUT2D eigenvalue weighted by atomic mass is 79.9. The molecule has 1 aliphatic carbocycles. The number of allylic oxidation sites excluding steroid dienone is 1. The third kappa shape index (κ3) is 3.62. The van der Waals surface area contributed by atoms with Crippen molar-refractivity contribution in [3.8, 4) is 11.5 Å². The zero-order valence-corrected chi connectivity index (χ0v) is 20.8. The van der Waals surface area contributed by atoms with Gasteiger partial charge in [-0.1, -0.05) is 60.7 Å². The molecule has 0 fully saturated rings. The van der Waals surface area contributed by atoms with Gasteiger partial charge >= 0.3 is 0 Å². The van der Waals surface area contributed by atoms with Gasteiger partial charge in [0, 0.05) is 23.2 Å². The van der Waals surface area contributed by atoms with Crippen LogP contribution in [0.2, 0.25) is 0 Å². The predicted octanol–water partition coefficient (Wildman–Crippen LogP) is 7.38. The van der Waals surface area contributed by atoms with Crippen LogP contribution >= 0.6 is 15.9 Å². The number of benzene rings is 4. The Morgan fingerprint density at radius 3 is 2.51 bits per heavy atom. The summed E-state index contributed by atoms with van der Waals surface area (Å²) in [6.07, 6.45) is 1.26. The minimum absolute atomic E-state index is 0.0479. The number of phenolic OH excluding ortho intramolecular Hbond substituents is 1. The number of rotatable bonds is 3. The summed E-state index contributed by atoms with van der Waals surface area (Å²) in [4.78, 5) is 13.9. The van der Waals surface area contributed by atoms with Crippen LogP contribution in [0.25, 0.3) is 16.3 Å². The highest BCUT2D eigenvalue weighted by Gasteiger charge is 2.38. The summed E-state index contributed by atoms with van der Waals surface area (Å²) in [5.74, 6) is 0.702. The molecule has 2 atom stereocenters. The number of aromatic hydroxyl groups is 1. The minimum Gasteiger partial charge on any atom is -0.503 e. The second-order valence-electron chi connectivity index (χ2n) is 9.17. The Hall–Kier alpha value is -3.57. The molecule has 0 bridgehead atoms. The van der Waals surface area contributed by atoms with Crippen LogP contribution in [-0.2, 0) is 4.79 Å². The van der Waals surface area contributed by atoms with Crippen molar-refractivity contribution in [3.63, 3.8) is 0 Å². The van der Waals surface area contributed by atoms with Gasteiger partial charge in [-0.3, -0.25) is 4.79 Å². The largest absolute Gasteiger partial charge is 0.503 e. The SMILES string of the molecule is COc1cc([C@H]2Nc3ccc4ccccc4c3C3=C2C(=O)C[C@@H](c2ccccc2)C3)cc(Br)c1O. The maximum Gasteiger partial charge on any atom is 0.172 e. The smallest absolute Gasteiger partial charge is 0.172 e. The van der Waals surface area contributed by atoms with E-state index in [9.17, 15) is 9.90 Å². The summed E-state index contributed by atoms with van der Waals surface area (Å²) in [6, 6.07) is 26.2. The van der Waals surface area contributed by atoms with Crippen LogP contribution in [0.1, 0.15) is 41.5 Å². The first kappa shape index (κ1) is 21.9. The quantitative estimate of drug-likeness (QED) is 0.292. The molecule has 1 heterocycles. The van der Waals surface area contributed by atoms with Crippen molar-refractivity contribution in [1.82, 2.24) is 0 Å². The fourth-order valence-corrected chi connectivity index (χ4v) is 6.03. The van der Waals surface area contributed by atoms with Gasteiger partial charge in [-0.25, -0.2) is 0 Å². The second kappa shape index (κ2) is 8.58. The number of halogens is 1. The van der Waals surface area contributed by atoms with Crippen LogP contribution in [-0.4, -0.2) is 18.0 Å². The molecule has 0 spiro atoms. The van der Waals surface area contributed by atoms with Crippen LogP contribution in [0.5, 0.6) is 11.5 Å². The molecule has 0 saturated carbocycles. The Morgan fingerprint density at radius 2 is 1.71 bits per heavy atom. The van der Waals surface area contributed by atoms with Gasteiger partial charge in [0.25, 0.3) is 0 Å². The van der Waals surface area contributed by atoms with E-state index in [0.717, 1.165) is 45.2 Å². The summed E-state index contributed by atoms with van der Waals surface area (Å²) >= 11 is 3.45. The lowest BCUT2D eigenvalue weighted by Crippen LogP contribution is -2.29. The molecule has 2 aliphatic rings. The Kier molecular flexibility index (Phi) is 5.37. The van der Waals surface area contributed by atoms with Gasteiger partial charge in [-0.2, -0.15) is 0 Å². The summed E-state index contributed by atoms with van der Waals surface area (Å²) < 4.78 is 5.95. The lowest BCUT2D eigenvalue weighted by molar-refractivity contribution is -0.116. The Morgan fingerprint density at radius 1 is 0.943 bits per heavy atom. The molecule has 0 saturated heterocycles. The number of carbonyl (C=O) groups is 1. The molecule has 2 N–H and O–H groups in total. The monoisotopic (exact) mass is 525 g/mol. The third-order valence-electron chi connectivity index (χ3n) is 7.20. The maximum absolute atomic E-state index is 13.9. The topological polar surface area (TPSA) is 58.6 Å². The van der Waals surface area contributed by atoms with Crippen LogP contribution in [0.15, 0.2) is 88.9 Å². The lowest BCUT2D eigenvalue weighted by Gasteiger charge is -2.37. The van der Waals surface area contributed by atoms with E-state index in [2.05, 4.69) is 63.7 Å². The molecular formula is C30H24BrNO3. The van der Waals surface area contributed by atoms with Gasteiger partial charge in [0.15, 0.2) is 17.3 Å². The molecule has 1 aliphatic heterocycles. The van der Waals surface area contributed by atoms with E-state index in [0.29, 0.717) is 16.6 Å². The zero-order valence-electron chi connectivity index (χ0n) is 19.2. The Bertz CT molecular complexity index is 1510. The van der Waals surface area contributed by atoms with E-state index in [-0.39, 0.29) is 23.5 Å². The van der Waals surface area contributed by atoms with Crippen molar-refractivity contribution < 1.29 is 14.6 Å².